The molecule has 1 amide bonds. The largest absolute Gasteiger partial charge is 0.455 e. The minimum atomic E-state index is -0.290. The van der Waals surface area contributed by atoms with Crippen LogP contribution in [0.25, 0.3) is 15.5 Å². The van der Waals surface area contributed by atoms with E-state index in [1.165, 1.54) is 11.3 Å². The maximum Gasteiger partial charge on any atom is 0.291 e. The van der Waals surface area contributed by atoms with Crippen LogP contribution >= 0.6 is 23.1 Å². The number of nitrogens with zero attached hydrogens (tertiary/aromatic N) is 4. The summed E-state index contributed by atoms with van der Waals surface area (Å²) in [7, 11) is 0. The molecular formula is C22H17N5O2S2. The van der Waals surface area contributed by atoms with Gasteiger partial charge in [0.1, 0.15) is 10.8 Å². The Morgan fingerprint density at radius 1 is 1.10 bits per heavy atom. The maximum absolute atomic E-state index is 12.6. The van der Waals surface area contributed by atoms with Crippen LogP contribution in [-0.4, -0.2) is 25.7 Å². The third kappa shape index (κ3) is 4.23. The van der Waals surface area contributed by atoms with Crippen LogP contribution in [0.1, 0.15) is 22.1 Å². The predicted octanol–water partition coefficient (Wildman–Crippen LogP) is 5.30. The number of benzene rings is 2. The van der Waals surface area contributed by atoms with Crippen molar-refractivity contribution in [3.8, 4) is 10.6 Å². The fourth-order valence-electron chi connectivity index (χ4n) is 3.00. The lowest BCUT2D eigenvalue weighted by atomic mass is 10.2. The number of hydrogen-bond donors (Lipinski definition) is 1. The summed E-state index contributed by atoms with van der Waals surface area (Å²) >= 11 is 3.11. The first-order valence-electron chi connectivity index (χ1n) is 9.53. The SMILES string of the molecule is Cc1nnc2sc(-c3cccc(NC(=O)c4ccc(CSc5ccccc5)o4)c3)nn12. The van der Waals surface area contributed by atoms with E-state index < -0.39 is 0 Å². The van der Waals surface area contributed by atoms with E-state index in [2.05, 4.69) is 20.6 Å². The molecule has 3 heterocycles. The average molecular weight is 448 g/mol. The summed E-state index contributed by atoms with van der Waals surface area (Å²) in [5, 5.41) is 16.4. The molecule has 31 heavy (non-hydrogen) atoms. The van der Waals surface area contributed by atoms with E-state index in [1.54, 1.807) is 22.3 Å². The highest BCUT2D eigenvalue weighted by molar-refractivity contribution is 7.98. The van der Waals surface area contributed by atoms with Gasteiger partial charge < -0.3 is 9.73 Å². The van der Waals surface area contributed by atoms with Gasteiger partial charge in [-0.25, -0.2) is 0 Å². The number of fused-ring (bicyclic) bond motifs is 1. The van der Waals surface area contributed by atoms with Crippen LogP contribution in [0.3, 0.4) is 0 Å². The van der Waals surface area contributed by atoms with E-state index in [-0.39, 0.29) is 11.7 Å². The minimum absolute atomic E-state index is 0.281. The van der Waals surface area contributed by atoms with E-state index in [9.17, 15) is 4.79 Å². The Morgan fingerprint density at radius 3 is 2.81 bits per heavy atom. The van der Waals surface area contributed by atoms with Crippen LogP contribution < -0.4 is 5.32 Å². The van der Waals surface area contributed by atoms with Crippen molar-refractivity contribution in [2.45, 2.75) is 17.6 Å². The molecule has 0 aliphatic carbocycles. The first-order valence-corrected chi connectivity index (χ1v) is 11.3. The van der Waals surface area contributed by atoms with Crippen molar-refractivity contribution in [1.82, 2.24) is 19.8 Å². The summed E-state index contributed by atoms with van der Waals surface area (Å²) in [6.45, 7) is 1.86. The lowest BCUT2D eigenvalue weighted by Gasteiger charge is -2.05. The van der Waals surface area contributed by atoms with Crippen LogP contribution in [0.5, 0.6) is 0 Å². The van der Waals surface area contributed by atoms with Crippen molar-refractivity contribution < 1.29 is 9.21 Å². The van der Waals surface area contributed by atoms with Gasteiger partial charge >= 0.3 is 0 Å². The number of furan rings is 1. The number of amides is 1. The lowest BCUT2D eigenvalue weighted by molar-refractivity contribution is 0.0995. The van der Waals surface area contributed by atoms with Gasteiger partial charge in [0.05, 0.1) is 5.75 Å². The summed E-state index contributed by atoms with van der Waals surface area (Å²) < 4.78 is 7.45. The average Bonchev–Trinajstić information content (AvgIpc) is 3.51. The van der Waals surface area contributed by atoms with Crippen LogP contribution in [0.4, 0.5) is 5.69 Å². The first kappa shape index (κ1) is 19.5. The van der Waals surface area contributed by atoms with Crippen molar-refractivity contribution in [3.05, 3.63) is 84.1 Å². The topological polar surface area (TPSA) is 85.3 Å². The number of hydrogen-bond acceptors (Lipinski definition) is 7. The Balaban J connectivity index is 1.27. The molecule has 3 aromatic heterocycles. The van der Waals surface area contributed by atoms with Crippen molar-refractivity contribution in [1.29, 1.82) is 0 Å². The van der Waals surface area contributed by atoms with Gasteiger partial charge in [0.25, 0.3) is 5.91 Å². The molecule has 154 valence electrons. The van der Waals surface area contributed by atoms with Gasteiger partial charge in [-0.05, 0) is 43.3 Å². The Labute approximate surface area is 186 Å². The molecule has 5 aromatic rings. The zero-order valence-electron chi connectivity index (χ0n) is 16.5. The summed E-state index contributed by atoms with van der Waals surface area (Å²) in [5.74, 6) is 2.14. The predicted molar refractivity (Wildman–Crippen MR) is 121 cm³/mol. The van der Waals surface area contributed by atoms with Gasteiger partial charge in [-0.15, -0.1) is 22.0 Å². The lowest BCUT2D eigenvalue weighted by Crippen LogP contribution is -2.10. The second kappa shape index (κ2) is 8.37. The van der Waals surface area contributed by atoms with E-state index in [0.717, 1.165) is 32.0 Å². The number of aromatic nitrogens is 4. The molecule has 1 N–H and O–H groups in total. The molecule has 0 radical (unpaired) electrons. The Morgan fingerprint density at radius 2 is 1.97 bits per heavy atom. The quantitative estimate of drug-likeness (QED) is 0.356. The second-order valence-electron chi connectivity index (χ2n) is 6.75. The van der Waals surface area contributed by atoms with Crippen molar-refractivity contribution >= 4 is 39.7 Å². The molecule has 2 aromatic carbocycles. The Kier molecular flexibility index (Phi) is 5.27. The third-order valence-electron chi connectivity index (χ3n) is 4.52. The zero-order chi connectivity index (χ0) is 21.2. The summed E-state index contributed by atoms with van der Waals surface area (Å²) in [6, 6.07) is 21.2. The Bertz CT molecular complexity index is 1360. The van der Waals surface area contributed by atoms with E-state index in [1.807, 2.05) is 67.6 Å². The van der Waals surface area contributed by atoms with E-state index in [0.29, 0.717) is 11.4 Å². The minimum Gasteiger partial charge on any atom is -0.455 e. The van der Waals surface area contributed by atoms with Gasteiger partial charge in [0.2, 0.25) is 4.96 Å². The molecule has 0 aliphatic heterocycles. The van der Waals surface area contributed by atoms with E-state index >= 15 is 0 Å². The molecule has 7 nitrogen and oxygen atoms in total. The molecule has 0 fully saturated rings. The number of carbonyl (C=O) groups is 1. The fourth-order valence-corrected chi connectivity index (χ4v) is 4.70. The molecule has 0 saturated carbocycles. The molecule has 9 heteroatoms. The molecule has 0 saturated heterocycles. The van der Waals surface area contributed by atoms with Gasteiger partial charge in [-0.3, -0.25) is 4.79 Å². The summed E-state index contributed by atoms with van der Waals surface area (Å²) in [6.07, 6.45) is 0. The number of thioether (sulfide) groups is 1. The number of aryl methyl sites for hydroxylation is 1. The smallest absolute Gasteiger partial charge is 0.291 e. The molecule has 0 aliphatic rings. The number of carbonyl (C=O) groups excluding carboxylic acids is 1. The highest BCUT2D eigenvalue weighted by Crippen LogP contribution is 2.28. The number of anilines is 1. The molecule has 0 bridgehead atoms. The van der Waals surface area contributed by atoms with Gasteiger partial charge in [-0.2, -0.15) is 9.61 Å². The van der Waals surface area contributed by atoms with Gasteiger partial charge in [-0.1, -0.05) is 41.7 Å². The van der Waals surface area contributed by atoms with Gasteiger partial charge in [0, 0.05) is 16.1 Å². The Hall–Kier alpha value is -3.43. The van der Waals surface area contributed by atoms with Gasteiger partial charge in [0.15, 0.2) is 11.6 Å². The third-order valence-corrected chi connectivity index (χ3v) is 6.51. The monoisotopic (exact) mass is 447 g/mol. The van der Waals surface area contributed by atoms with Crippen molar-refractivity contribution in [2.24, 2.45) is 0 Å². The normalized spacial score (nSPS) is 11.1. The standard InChI is InChI=1S/C22H17N5O2S2/c1-14-24-25-22-27(14)26-21(31-22)15-6-5-7-16(12-15)23-20(28)19-11-10-17(29-19)13-30-18-8-3-2-4-9-18/h2-12H,13H2,1H3,(H,23,28). The molecular weight excluding hydrogens is 430 g/mol. The molecule has 0 unspecified atom stereocenters. The first-order chi connectivity index (χ1) is 15.2. The van der Waals surface area contributed by atoms with E-state index in [4.69, 9.17) is 4.42 Å². The number of rotatable bonds is 6. The van der Waals surface area contributed by atoms with Crippen LogP contribution in [0.2, 0.25) is 0 Å². The van der Waals surface area contributed by atoms with Crippen molar-refractivity contribution in [2.75, 3.05) is 5.32 Å². The molecule has 0 spiro atoms. The maximum atomic E-state index is 12.6. The van der Waals surface area contributed by atoms with Crippen molar-refractivity contribution in [3.63, 3.8) is 0 Å². The van der Waals surface area contributed by atoms with Crippen LogP contribution in [0.15, 0.2) is 76.0 Å². The zero-order valence-corrected chi connectivity index (χ0v) is 18.1. The fraction of sp³-hybridized carbons (Fsp3) is 0.0909. The van der Waals surface area contributed by atoms with Crippen LogP contribution in [0, 0.1) is 6.92 Å². The number of nitrogens with one attached hydrogen (secondary N) is 1. The molecule has 0 atom stereocenters. The molecule has 5 rings (SSSR count). The summed E-state index contributed by atoms with van der Waals surface area (Å²) in [5.41, 5.74) is 1.56. The highest BCUT2D eigenvalue weighted by Gasteiger charge is 2.14. The van der Waals surface area contributed by atoms with Crippen LogP contribution in [-0.2, 0) is 5.75 Å². The summed E-state index contributed by atoms with van der Waals surface area (Å²) in [4.78, 5) is 14.5. The highest BCUT2D eigenvalue weighted by atomic mass is 32.2. The second-order valence-corrected chi connectivity index (χ2v) is 8.76.